The number of rotatable bonds is 11. The van der Waals surface area contributed by atoms with E-state index in [0.717, 1.165) is 54.0 Å². The van der Waals surface area contributed by atoms with E-state index >= 15 is 0 Å². The molecule has 9 nitrogen and oxygen atoms in total. The molecule has 0 saturated carbocycles. The van der Waals surface area contributed by atoms with E-state index in [2.05, 4.69) is 68.0 Å². The molecule has 4 rings (SSSR count). The number of allylic oxidation sites excluding steroid dienone is 1. The normalized spacial score (nSPS) is 17.5. The van der Waals surface area contributed by atoms with Crippen molar-refractivity contribution in [1.29, 1.82) is 0 Å². The molecule has 2 heterocycles. The number of likely N-dealkylation sites (tertiary alicyclic amines) is 1. The molecular weight excluding hydrogens is 538 g/mol. The molecule has 2 aromatic rings. The van der Waals surface area contributed by atoms with Crippen molar-refractivity contribution in [3.8, 4) is 0 Å². The van der Waals surface area contributed by atoms with Gasteiger partial charge in [-0.1, -0.05) is 35.9 Å². The number of aryl methyl sites for hydroxylation is 1. The third-order valence-corrected chi connectivity index (χ3v) is 8.22. The molecule has 218 valence electrons. The van der Waals surface area contributed by atoms with Crippen molar-refractivity contribution in [2.24, 2.45) is 9.98 Å². The zero-order valence-electron chi connectivity index (χ0n) is 24.3. The Labute approximate surface area is 247 Å². The van der Waals surface area contributed by atoms with Crippen LogP contribution in [0, 0.1) is 6.92 Å². The Morgan fingerprint density at radius 2 is 2.00 bits per heavy atom. The minimum atomic E-state index is -0.613. The summed E-state index contributed by atoms with van der Waals surface area (Å²) < 4.78 is 0. The van der Waals surface area contributed by atoms with Crippen LogP contribution >= 0.6 is 11.6 Å². The number of likely N-dealkylation sites (N-methyl/N-ethyl adjacent to an activating group) is 1. The van der Waals surface area contributed by atoms with Crippen molar-refractivity contribution in [3.05, 3.63) is 69.5 Å². The Hall–Kier alpha value is -3.69. The number of nitrogens with zero attached hydrogens (tertiary/aromatic N) is 3. The maximum absolute atomic E-state index is 12.4. The van der Waals surface area contributed by atoms with E-state index in [9.17, 15) is 9.59 Å². The average Bonchev–Trinajstić information content (AvgIpc) is 3.20. The molecule has 10 heteroatoms. The van der Waals surface area contributed by atoms with Crippen molar-refractivity contribution >= 4 is 47.7 Å². The molecule has 2 aromatic carbocycles. The number of carbonyl (C=O) groups is 2. The molecule has 41 heavy (non-hydrogen) atoms. The number of fused-ring (bicyclic) bond motifs is 1. The molecule has 0 bridgehead atoms. The van der Waals surface area contributed by atoms with E-state index in [4.69, 9.17) is 11.6 Å². The minimum Gasteiger partial charge on any atom is -0.366 e. The summed E-state index contributed by atoms with van der Waals surface area (Å²) in [6.07, 6.45) is 3.66. The largest absolute Gasteiger partial charge is 0.366 e. The Morgan fingerprint density at radius 3 is 2.68 bits per heavy atom. The van der Waals surface area contributed by atoms with Crippen LogP contribution in [-0.2, 0) is 21.5 Å². The average molecular weight is 578 g/mol. The van der Waals surface area contributed by atoms with Crippen LogP contribution in [0.3, 0.4) is 0 Å². The Kier molecular flexibility index (Phi) is 9.83. The Morgan fingerprint density at radius 1 is 1.24 bits per heavy atom. The third kappa shape index (κ3) is 7.15. The predicted octanol–water partition coefficient (Wildman–Crippen LogP) is 4.49. The van der Waals surface area contributed by atoms with E-state index < -0.39 is 5.41 Å². The monoisotopic (exact) mass is 577 g/mol. The second-order valence-electron chi connectivity index (χ2n) is 11.1. The molecular formula is C31H40ClN7O2. The number of nitrogens with one attached hydrogen (secondary N) is 4. The lowest BCUT2D eigenvalue weighted by Gasteiger charge is -2.31. The van der Waals surface area contributed by atoms with Crippen LogP contribution in [0.2, 0.25) is 0 Å². The molecule has 4 N–H and O–H groups in total. The quantitative estimate of drug-likeness (QED) is 0.294. The Balaban J connectivity index is 1.30. The standard InChI is InChI=1S/C31H40ClN7O2/c1-20-15-22(21-11-13-39(14-12-21)18-27(40)33-4)9-10-25(20)37-19-35-17-24(32)29(34-5)36-16-23-7-6-8-26-28(23)31(2,3)30(41)38-26/h6-10,15,17,21,36-37H,5,11-14,16,18-19H2,1-4H3,(H,33,40)(H,38,41)/b29-24-,35-17-. The first-order valence-corrected chi connectivity index (χ1v) is 14.3. The van der Waals surface area contributed by atoms with Gasteiger partial charge in [0, 0.05) is 31.2 Å². The van der Waals surface area contributed by atoms with E-state index in [1.165, 1.54) is 5.56 Å². The van der Waals surface area contributed by atoms with Crippen molar-refractivity contribution in [2.45, 2.75) is 51.5 Å². The van der Waals surface area contributed by atoms with Gasteiger partial charge in [-0.05, 0) is 93.7 Å². The van der Waals surface area contributed by atoms with Gasteiger partial charge < -0.3 is 21.3 Å². The van der Waals surface area contributed by atoms with Crippen LogP contribution in [0.5, 0.6) is 0 Å². The van der Waals surface area contributed by atoms with Gasteiger partial charge in [0.15, 0.2) is 0 Å². The van der Waals surface area contributed by atoms with Gasteiger partial charge in [0.1, 0.15) is 17.5 Å². The van der Waals surface area contributed by atoms with Gasteiger partial charge >= 0.3 is 0 Å². The SMILES string of the molecule is C=N/C(NCc1cccc2c1C(C)(C)C(=O)N2)=C(Cl)\C=N/CNc1ccc(C2CCN(CC(=O)NC)CC2)cc1C. The zero-order valence-corrected chi connectivity index (χ0v) is 25.1. The molecule has 1 saturated heterocycles. The number of halogens is 1. The Bertz CT molecular complexity index is 1360. The molecule has 0 radical (unpaired) electrons. The van der Waals surface area contributed by atoms with Crippen LogP contribution in [0.25, 0.3) is 0 Å². The van der Waals surface area contributed by atoms with Gasteiger partial charge in [-0.15, -0.1) is 0 Å². The lowest BCUT2D eigenvalue weighted by molar-refractivity contribution is -0.122. The van der Waals surface area contributed by atoms with Gasteiger partial charge in [0.2, 0.25) is 11.8 Å². The third-order valence-electron chi connectivity index (χ3n) is 7.94. The van der Waals surface area contributed by atoms with Crippen LogP contribution in [0.1, 0.15) is 54.9 Å². The highest BCUT2D eigenvalue weighted by molar-refractivity contribution is 6.39. The summed E-state index contributed by atoms with van der Waals surface area (Å²) in [7, 11) is 1.68. The summed E-state index contributed by atoms with van der Waals surface area (Å²) in [5.74, 6) is 0.978. The van der Waals surface area contributed by atoms with Gasteiger partial charge in [-0.3, -0.25) is 19.5 Å². The van der Waals surface area contributed by atoms with E-state index in [1.54, 1.807) is 13.3 Å². The molecule has 0 aromatic heterocycles. The second kappa shape index (κ2) is 13.3. The molecule has 2 aliphatic heterocycles. The smallest absolute Gasteiger partial charge is 0.234 e. The lowest BCUT2D eigenvalue weighted by atomic mass is 9.83. The molecule has 0 spiro atoms. The molecule has 1 fully saturated rings. The van der Waals surface area contributed by atoms with Crippen molar-refractivity contribution < 1.29 is 9.59 Å². The highest BCUT2D eigenvalue weighted by Gasteiger charge is 2.39. The van der Waals surface area contributed by atoms with Crippen LogP contribution in [0.15, 0.2) is 57.2 Å². The van der Waals surface area contributed by atoms with E-state index in [0.29, 0.717) is 36.5 Å². The lowest BCUT2D eigenvalue weighted by Crippen LogP contribution is -2.40. The van der Waals surface area contributed by atoms with Gasteiger partial charge in [-0.25, -0.2) is 4.99 Å². The number of piperidine rings is 1. The fourth-order valence-corrected chi connectivity index (χ4v) is 5.74. The van der Waals surface area contributed by atoms with Crippen molar-refractivity contribution in [2.75, 3.05) is 44.0 Å². The van der Waals surface area contributed by atoms with Crippen molar-refractivity contribution in [1.82, 2.24) is 15.5 Å². The summed E-state index contributed by atoms with van der Waals surface area (Å²) in [6, 6.07) is 12.3. The summed E-state index contributed by atoms with van der Waals surface area (Å²) in [6.45, 7) is 12.7. The van der Waals surface area contributed by atoms with Crippen molar-refractivity contribution in [3.63, 3.8) is 0 Å². The number of amides is 2. The summed E-state index contributed by atoms with van der Waals surface area (Å²) >= 11 is 6.49. The van der Waals surface area contributed by atoms with Crippen LogP contribution < -0.4 is 21.3 Å². The van der Waals surface area contributed by atoms with Gasteiger partial charge in [-0.2, -0.15) is 0 Å². The van der Waals surface area contributed by atoms with Gasteiger partial charge in [0.25, 0.3) is 0 Å². The second-order valence-corrected chi connectivity index (χ2v) is 11.5. The molecule has 0 unspecified atom stereocenters. The zero-order chi connectivity index (χ0) is 29.6. The first-order valence-electron chi connectivity index (χ1n) is 14.0. The minimum absolute atomic E-state index is 0.0140. The fourth-order valence-electron chi connectivity index (χ4n) is 5.54. The topological polar surface area (TPSA) is 110 Å². The number of hydrogen-bond acceptors (Lipinski definition) is 7. The summed E-state index contributed by atoms with van der Waals surface area (Å²) in [5, 5.41) is 12.6. The predicted molar refractivity (Wildman–Crippen MR) is 168 cm³/mol. The number of benzene rings is 2. The number of hydrogen-bond donors (Lipinski definition) is 4. The molecule has 2 aliphatic rings. The molecule has 0 atom stereocenters. The molecule has 2 amide bonds. The maximum atomic E-state index is 12.4. The number of anilines is 2. The van der Waals surface area contributed by atoms with Gasteiger partial charge in [0.05, 0.1) is 12.0 Å². The first kappa shape index (κ1) is 30.3. The number of aliphatic imine (C=N–C) groups is 2. The van der Waals surface area contributed by atoms with Crippen LogP contribution in [-0.4, -0.2) is 63.0 Å². The summed E-state index contributed by atoms with van der Waals surface area (Å²) in [5.41, 5.74) is 5.70. The molecule has 0 aliphatic carbocycles. The maximum Gasteiger partial charge on any atom is 0.234 e. The highest BCUT2D eigenvalue weighted by atomic mass is 35.5. The van der Waals surface area contributed by atoms with E-state index in [-0.39, 0.29) is 11.8 Å². The fraction of sp³-hybridized carbons (Fsp3) is 0.419. The van der Waals surface area contributed by atoms with Crippen LogP contribution in [0.4, 0.5) is 11.4 Å². The summed E-state index contributed by atoms with van der Waals surface area (Å²) in [4.78, 5) is 34.7. The first-order chi connectivity index (χ1) is 19.6. The number of carbonyl (C=O) groups excluding carboxylic acids is 2. The highest BCUT2D eigenvalue weighted by Crippen LogP contribution is 2.39. The van der Waals surface area contributed by atoms with E-state index in [1.807, 2.05) is 32.0 Å².